The fraction of sp³-hybridized carbons (Fsp3) is 0.254. The zero-order valence-corrected chi connectivity index (χ0v) is 42.6. The van der Waals surface area contributed by atoms with Crippen molar-refractivity contribution >= 4 is 47.3 Å². The molecule has 10 rings (SSSR count). The van der Waals surface area contributed by atoms with Gasteiger partial charge in [-0.3, -0.25) is 58.0 Å². The number of hydrogen-bond donors (Lipinski definition) is 0. The standard InChI is InChI=1S/C37H34N2O6.C22H20N2O5/c1-21(2)38-33(40)29-17-15-27(19-31(29)35(38)42)44-25-11-7-23(8-12-25)37(5,6)24-9-13-26(14-10-24)45-28-16-18-30-32(20-28)36(43)39(22(3)4)34(30)41;1-11(2)23-19(25)15-7-5-13(9-17(15)21(23)27)29-14-6-8-16-18(10-14)22(28)24(12(3)4)20(16)26/h7-22H,1-6H3;5-12H,1-4H3. The predicted molar refractivity (Wildman–Crippen MR) is 274 cm³/mol. The van der Waals surface area contributed by atoms with E-state index in [1.54, 1.807) is 88.4 Å². The molecule has 0 unspecified atom stereocenters. The summed E-state index contributed by atoms with van der Waals surface area (Å²) in [4.78, 5) is 106. The van der Waals surface area contributed by atoms with Gasteiger partial charge in [0.05, 0.1) is 44.5 Å². The number of benzene rings is 6. The van der Waals surface area contributed by atoms with Crippen LogP contribution in [0.4, 0.5) is 0 Å². The van der Waals surface area contributed by atoms with Crippen LogP contribution >= 0.6 is 0 Å². The first kappa shape index (κ1) is 50.2. The van der Waals surface area contributed by atoms with Crippen LogP contribution in [0, 0.1) is 0 Å². The first-order valence-electron chi connectivity index (χ1n) is 24.4. The Morgan fingerprint density at radius 3 is 0.689 bits per heavy atom. The predicted octanol–water partition coefficient (Wildman–Crippen LogP) is 11.1. The molecule has 15 heteroatoms. The first-order valence-corrected chi connectivity index (χ1v) is 24.4. The maximum atomic E-state index is 12.8. The van der Waals surface area contributed by atoms with Crippen LogP contribution < -0.4 is 14.2 Å². The number of imide groups is 4. The van der Waals surface area contributed by atoms with Crippen molar-refractivity contribution in [3.05, 3.63) is 177 Å². The first-order chi connectivity index (χ1) is 35.1. The van der Waals surface area contributed by atoms with E-state index >= 15 is 0 Å². The van der Waals surface area contributed by atoms with Crippen LogP contribution in [0.5, 0.6) is 34.5 Å². The highest BCUT2D eigenvalue weighted by Gasteiger charge is 2.41. The summed E-state index contributed by atoms with van der Waals surface area (Å²) in [5, 5.41) is 0. The van der Waals surface area contributed by atoms with Gasteiger partial charge in [0.15, 0.2) is 0 Å². The molecule has 0 radical (unpaired) electrons. The van der Waals surface area contributed by atoms with Crippen LogP contribution in [0.3, 0.4) is 0 Å². The molecule has 15 nitrogen and oxygen atoms in total. The van der Waals surface area contributed by atoms with E-state index in [1.165, 1.54) is 31.7 Å². The molecule has 4 aliphatic rings. The van der Waals surface area contributed by atoms with Gasteiger partial charge in [-0.25, -0.2) is 0 Å². The van der Waals surface area contributed by atoms with Crippen molar-refractivity contribution in [3.8, 4) is 34.5 Å². The van der Waals surface area contributed by atoms with Crippen molar-refractivity contribution in [1.29, 1.82) is 0 Å². The molecular formula is C59H54N4O11. The van der Waals surface area contributed by atoms with Crippen molar-refractivity contribution in [2.24, 2.45) is 0 Å². The number of fused-ring (bicyclic) bond motifs is 4. The quantitative estimate of drug-likeness (QED) is 0.107. The zero-order chi connectivity index (χ0) is 53.2. The van der Waals surface area contributed by atoms with Crippen molar-refractivity contribution in [2.45, 2.75) is 98.8 Å². The molecule has 0 aromatic heterocycles. The van der Waals surface area contributed by atoms with E-state index in [4.69, 9.17) is 14.2 Å². The van der Waals surface area contributed by atoms with E-state index in [1.807, 2.05) is 76.2 Å². The Morgan fingerprint density at radius 2 is 0.473 bits per heavy atom. The van der Waals surface area contributed by atoms with Gasteiger partial charge in [-0.1, -0.05) is 38.1 Å². The normalized spacial score (nSPS) is 14.9. The van der Waals surface area contributed by atoms with Crippen LogP contribution in [0.25, 0.3) is 0 Å². The van der Waals surface area contributed by atoms with Crippen LogP contribution in [0.2, 0.25) is 0 Å². The summed E-state index contributed by atoms with van der Waals surface area (Å²) in [5.41, 5.74) is 4.58. The average molecular weight is 995 g/mol. The Hall–Kier alpha value is -8.72. The second kappa shape index (κ2) is 19.0. The zero-order valence-electron chi connectivity index (χ0n) is 42.6. The van der Waals surface area contributed by atoms with Crippen molar-refractivity contribution in [1.82, 2.24) is 19.6 Å². The number of carbonyl (C=O) groups is 8. The number of ether oxygens (including phenoxy) is 3. The molecule has 0 saturated carbocycles. The molecule has 0 saturated heterocycles. The van der Waals surface area contributed by atoms with Crippen LogP contribution in [-0.4, -0.2) is 91.0 Å². The fourth-order valence-electron chi connectivity index (χ4n) is 9.54. The van der Waals surface area contributed by atoms with E-state index in [0.717, 1.165) is 11.1 Å². The summed E-state index contributed by atoms with van der Waals surface area (Å²) in [6.45, 7) is 18.6. The molecule has 0 fully saturated rings. The van der Waals surface area contributed by atoms with Gasteiger partial charge in [-0.2, -0.15) is 0 Å². The van der Waals surface area contributed by atoms with Gasteiger partial charge in [0.1, 0.15) is 34.5 Å². The molecule has 6 aromatic carbocycles. The second-order valence-corrected chi connectivity index (χ2v) is 20.1. The molecular weight excluding hydrogens is 941 g/mol. The monoisotopic (exact) mass is 994 g/mol. The minimum atomic E-state index is -0.354. The highest BCUT2D eigenvalue weighted by Crippen LogP contribution is 2.38. The number of rotatable bonds is 12. The third-order valence-electron chi connectivity index (χ3n) is 13.5. The van der Waals surface area contributed by atoms with Crippen molar-refractivity contribution in [3.63, 3.8) is 0 Å². The Labute approximate surface area is 428 Å². The lowest BCUT2D eigenvalue weighted by atomic mass is 9.78. The van der Waals surface area contributed by atoms with Crippen LogP contribution in [-0.2, 0) is 5.41 Å². The number of hydrogen-bond acceptors (Lipinski definition) is 11. The number of nitrogens with zero attached hydrogens (tertiary/aromatic N) is 4. The van der Waals surface area contributed by atoms with E-state index in [-0.39, 0.29) is 76.8 Å². The Morgan fingerprint density at radius 1 is 0.284 bits per heavy atom. The lowest BCUT2D eigenvalue weighted by Gasteiger charge is -2.26. The molecule has 8 amide bonds. The highest BCUT2D eigenvalue weighted by molar-refractivity contribution is 6.24. The highest BCUT2D eigenvalue weighted by atomic mass is 16.5. The topological polar surface area (TPSA) is 177 Å². The van der Waals surface area contributed by atoms with E-state index in [2.05, 4.69) is 13.8 Å². The SMILES string of the molecule is CC(C)N1C(=O)c2ccc(Oc3ccc(C(C)(C)c4ccc(Oc5ccc6c(c5)C(=O)N(C(C)C)C6=O)cc4)cc3)cc2C1=O.CC(C)N1C(=O)c2ccc(Oc3ccc4c(c3)C(=O)N(C(C)C)C4=O)cc2C1=O. The summed E-state index contributed by atoms with van der Waals surface area (Å²) in [5.74, 6) is 0.423. The van der Waals surface area contributed by atoms with Gasteiger partial charge >= 0.3 is 0 Å². The van der Waals surface area contributed by atoms with Gasteiger partial charge in [-0.05, 0) is 164 Å². The smallest absolute Gasteiger partial charge is 0.261 e. The fourth-order valence-corrected chi connectivity index (χ4v) is 9.54. The molecule has 0 aliphatic carbocycles. The maximum Gasteiger partial charge on any atom is 0.261 e. The molecule has 0 N–H and O–H groups in total. The number of amides is 8. The van der Waals surface area contributed by atoms with Gasteiger partial charge in [0.2, 0.25) is 0 Å². The summed E-state index contributed by atoms with van der Waals surface area (Å²) in [6.07, 6.45) is 0. The summed E-state index contributed by atoms with van der Waals surface area (Å²) in [6, 6.07) is 34.0. The summed E-state index contributed by atoms with van der Waals surface area (Å²) < 4.78 is 17.9. The Bertz CT molecular complexity index is 3150. The van der Waals surface area contributed by atoms with E-state index < -0.39 is 0 Å². The maximum absolute atomic E-state index is 12.8. The molecule has 4 heterocycles. The Kier molecular flexibility index (Phi) is 12.9. The molecule has 376 valence electrons. The lowest BCUT2D eigenvalue weighted by molar-refractivity contribution is 0.0592. The molecule has 0 atom stereocenters. The third kappa shape index (κ3) is 8.77. The van der Waals surface area contributed by atoms with Crippen molar-refractivity contribution in [2.75, 3.05) is 0 Å². The van der Waals surface area contributed by atoms with Gasteiger partial charge in [0.25, 0.3) is 47.3 Å². The van der Waals surface area contributed by atoms with E-state index in [0.29, 0.717) is 79.0 Å². The minimum absolute atomic E-state index is 0.220. The van der Waals surface area contributed by atoms with Gasteiger partial charge in [0, 0.05) is 29.6 Å². The van der Waals surface area contributed by atoms with Gasteiger partial charge < -0.3 is 14.2 Å². The molecule has 4 aliphatic heterocycles. The summed E-state index contributed by atoms with van der Waals surface area (Å²) >= 11 is 0. The van der Waals surface area contributed by atoms with E-state index in [9.17, 15) is 38.4 Å². The molecule has 6 aromatic rings. The largest absolute Gasteiger partial charge is 0.457 e. The third-order valence-corrected chi connectivity index (χ3v) is 13.5. The Balaban J connectivity index is 0.000000200. The summed E-state index contributed by atoms with van der Waals surface area (Å²) in [7, 11) is 0. The molecule has 0 bridgehead atoms. The number of carbonyl (C=O) groups excluding carboxylic acids is 8. The average Bonchev–Trinajstić information content (AvgIpc) is 3.96. The minimum Gasteiger partial charge on any atom is -0.457 e. The molecule has 0 spiro atoms. The lowest BCUT2D eigenvalue weighted by Crippen LogP contribution is -2.35. The van der Waals surface area contributed by atoms with Crippen LogP contribution in [0.15, 0.2) is 121 Å². The van der Waals surface area contributed by atoms with Crippen LogP contribution in [0.1, 0.15) is 163 Å². The van der Waals surface area contributed by atoms with Crippen molar-refractivity contribution < 1.29 is 52.6 Å². The van der Waals surface area contributed by atoms with Gasteiger partial charge in [-0.15, -0.1) is 0 Å². The molecule has 74 heavy (non-hydrogen) atoms. The second-order valence-electron chi connectivity index (χ2n) is 20.1.